The molecule has 2 aliphatic rings. The van der Waals surface area contributed by atoms with E-state index in [4.69, 9.17) is 4.42 Å². The normalized spacial score (nSPS) is 19.4. The number of hydrogen-bond acceptors (Lipinski definition) is 5. The van der Waals surface area contributed by atoms with Crippen molar-refractivity contribution in [2.24, 2.45) is 0 Å². The minimum absolute atomic E-state index is 0.0499. The van der Waals surface area contributed by atoms with Gasteiger partial charge in [0.25, 0.3) is 11.8 Å². The summed E-state index contributed by atoms with van der Waals surface area (Å²) in [6.45, 7) is 2.45. The quantitative estimate of drug-likeness (QED) is 0.515. The van der Waals surface area contributed by atoms with Gasteiger partial charge in [0.1, 0.15) is 22.8 Å². The minimum Gasteiger partial charge on any atom is -0.469 e. The number of amides is 3. The topological polar surface area (TPSA) is 109 Å². The standard InChI is InChI=1S/C25H26FN5O4/c1-25(24(34)28-13-16-4-6-17(26)7-5-16)14-30-15-29-20(21(30)23(33)31(25)18-8-9-18)22(32)27-11-10-19-3-2-12-35-19/h2-7,12,15,18H,8-11,13-14H2,1H3,(H,27,32)(H,28,34). The highest BCUT2D eigenvalue weighted by atomic mass is 19.1. The van der Waals surface area contributed by atoms with Crippen LogP contribution in [0.25, 0.3) is 0 Å². The van der Waals surface area contributed by atoms with Gasteiger partial charge in [-0.05, 0) is 49.6 Å². The number of fused-ring (bicyclic) bond motifs is 1. The van der Waals surface area contributed by atoms with Gasteiger partial charge in [-0.15, -0.1) is 0 Å². The maximum absolute atomic E-state index is 13.6. The van der Waals surface area contributed by atoms with Gasteiger partial charge in [0, 0.05) is 25.6 Å². The second-order valence-corrected chi connectivity index (χ2v) is 9.14. The Labute approximate surface area is 201 Å². The lowest BCUT2D eigenvalue weighted by Gasteiger charge is -2.44. The second-order valence-electron chi connectivity index (χ2n) is 9.14. The highest BCUT2D eigenvalue weighted by molar-refractivity contribution is 6.07. The number of imidazole rings is 1. The van der Waals surface area contributed by atoms with Crippen molar-refractivity contribution >= 4 is 17.7 Å². The molecule has 0 saturated heterocycles. The number of rotatable bonds is 8. The highest BCUT2D eigenvalue weighted by Gasteiger charge is 2.53. The molecule has 1 aromatic carbocycles. The van der Waals surface area contributed by atoms with E-state index in [9.17, 15) is 18.8 Å². The van der Waals surface area contributed by atoms with E-state index in [0.29, 0.717) is 13.0 Å². The number of hydrogen-bond donors (Lipinski definition) is 2. The van der Waals surface area contributed by atoms with Gasteiger partial charge in [0.05, 0.1) is 19.1 Å². The van der Waals surface area contributed by atoms with Crippen LogP contribution in [0.2, 0.25) is 0 Å². The molecule has 3 amide bonds. The van der Waals surface area contributed by atoms with Crippen LogP contribution in [0, 0.1) is 5.82 Å². The maximum Gasteiger partial charge on any atom is 0.274 e. The van der Waals surface area contributed by atoms with Gasteiger partial charge in [-0.3, -0.25) is 14.4 Å². The molecule has 1 atom stereocenters. The number of benzene rings is 1. The Kier molecular flexibility index (Phi) is 5.88. The third-order valence-electron chi connectivity index (χ3n) is 6.49. The third kappa shape index (κ3) is 4.43. The van der Waals surface area contributed by atoms with E-state index in [1.54, 1.807) is 40.9 Å². The number of nitrogens with one attached hydrogen (secondary N) is 2. The number of halogens is 1. The zero-order valence-corrected chi connectivity index (χ0v) is 19.3. The lowest BCUT2D eigenvalue weighted by Crippen LogP contribution is -2.64. The molecule has 1 fully saturated rings. The van der Waals surface area contributed by atoms with Gasteiger partial charge in [-0.1, -0.05) is 12.1 Å². The van der Waals surface area contributed by atoms with Crippen LogP contribution in [0.15, 0.2) is 53.4 Å². The summed E-state index contributed by atoms with van der Waals surface area (Å²) in [7, 11) is 0. The van der Waals surface area contributed by atoms with E-state index in [2.05, 4.69) is 15.6 Å². The fourth-order valence-corrected chi connectivity index (χ4v) is 4.53. The summed E-state index contributed by atoms with van der Waals surface area (Å²) in [6, 6.07) is 9.42. The zero-order chi connectivity index (χ0) is 24.6. The molecular weight excluding hydrogens is 453 g/mol. The van der Waals surface area contributed by atoms with E-state index in [1.165, 1.54) is 18.5 Å². The molecule has 1 aliphatic carbocycles. The van der Waals surface area contributed by atoms with Gasteiger partial charge in [-0.25, -0.2) is 9.37 Å². The summed E-state index contributed by atoms with van der Waals surface area (Å²) in [5.41, 5.74) is -0.163. The average Bonchev–Trinajstić information content (AvgIpc) is 3.35. The lowest BCUT2D eigenvalue weighted by atomic mass is 9.93. The van der Waals surface area contributed by atoms with Crippen molar-refractivity contribution in [3.63, 3.8) is 0 Å². The molecule has 1 saturated carbocycles. The minimum atomic E-state index is -1.15. The monoisotopic (exact) mass is 479 g/mol. The number of aromatic nitrogens is 2. The van der Waals surface area contributed by atoms with Crippen molar-refractivity contribution in [3.05, 3.63) is 77.5 Å². The molecule has 1 unspecified atom stereocenters. The molecule has 0 bridgehead atoms. The molecular formula is C25H26FN5O4. The molecule has 2 aromatic heterocycles. The SMILES string of the molecule is CC1(C(=O)NCc2ccc(F)cc2)Cn2cnc(C(=O)NCCc3ccco3)c2C(=O)N1C1CC1. The van der Waals surface area contributed by atoms with E-state index < -0.39 is 11.4 Å². The van der Waals surface area contributed by atoms with Crippen molar-refractivity contribution in [2.75, 3.05) is 6.54 Å². The Hall–Kier alpha value is -3.95. The van der Waals surface area contributed by atoms with Crippen LogP contribution in [0.3, 0.4) is 0 Å². The van der Waals surface area contributed by atoms with Crippen LogP contribution in [-0.2, 0) is 24.3 Å². The van der Waals surface area contributed by atoms with Crippen LogP contribution < -0.4 is 10.6 Å². The molecule has 5 rings (SSSR count). The van der Waals surface area contributed by atoms with E-state index in [-0.39, 0.29) is 48.2 Å². The molecule has 0 spiro atoms. The summed E-state index contributed by atoms with van der Waals surface area (Å²) in [5, 5.41) is 5.67. The Morgan fingerprint density at radius 1 is 1.20 bits per heavy atom. The number of carbonyl (C=O) groups excluding carboxylic acids is 3. The molecule has 3 aromatic rings. The second kappa shape index (κ2) is 9.01. The molecule has 2 N–H and O–H groups in total. The van der Waals surface area contributed by atoms with Gasteiger partial charge in [-0.2, -0.15) is 0 Å². The first-order valence-corrected chi connectivity index (χ1v) is 11.6. The molecule has 9 nitrogen and oxygen atoms in total. The Balaban J connectivity index is 1.33. The Morgan fingerprint density at radius 3 is 2.66 bits per heavy atom. The molecule has 182 valence electrons. The van der Waals surface area contributed by atoms with Crippen LogP contribution in [0.1, 0.15) is 52.1 Å². The fraction of sp³-hybridized carbons (Fsp3) is 0.360. The first-order valence-electron chi connectivity index (χ1n) is 11.6. The summed E-state index contributed by atoms with van der Waals surface area (Å²) in [4.78, 5) is 45.6. The molecule has 0 radical (unpaired) electrons. The van der Waals surface area contributed by atoms with Crippen molar-refractivity contribution in [1.29, 1.82) is 0 Å². The smallest absolute Gasteiger partial charge is 0.274 e. The highest BCUT2D eigenvalue weighted by Crippen LogP contribution is 2.38. The van der Waals surface area contributed by atoms with Gasteiger partial charge in [0.2, 0.25) is 5.91 Å². The zero-order valence-electron chi connectivity index (χ0n) is 19.3. The molecule has 35 heavy (non-hydrogen) atoms. The summed E-state index contributed by atoms with van der Waals surface area (Å²) in [6.07, 6.45) is 5.12. The summed E-state index contributed by atoms with van der Waals surface area (Å²) < 4.78 is 20.0. The fourth-order valence-electron chi connectivity index (χ4n) is 4.53. The maximum atomic E-state index is 13.6. The predicted molar refractivity (Wildman–Crippen MR) is 123 cm³/mol. The van der Waals surface area contributed by atoms with Crippen LogP contribution >= 0.6 is 0 Å². The summed E-state index contributed by atoms with van der Waals surface area (Å²) >= 11 is 0. The van der Waals surface area contributed by atoms with Crippen LogP contribution in [-0.4, -0.2) is 50.3 Å². The number of carbonyl (C=O) groups is 3. The van der Waals surface area contributed by atoms with E-state index in [0.717, 1.165) is 24.2 Å². The Bertz CT molecular complexity index is 1250. The van der Waals surface area contributed by atoms with Crippen LogP contribution in [0.5, 0.6) is 0 Å². The van der Waals surface area contributed by atoms with Gasteiger partial charge in [0.15, 0.2) is 5.69 Å². The van der Waals surface area contributed by atoms with Crippen molar-refractivity contribution in [1.82, 2.24) is 25.1 Å². The number of furan rings is 1. The molecule has 3 heterocycles. The van der Waals surface area contributed by atoms with E-state index >= 15 is 0 Å². The summed E-state index contributed by atoms with van der Waals surface area (Å²) in [5.74, 6) is -0.745. The lowest BCUT2D eigenvalue weighted by molar-refractivity contribution is -0.133. The molecule has 10 heteroatoms. The van der Waals surface area contributed by atoms with E-state index in [1.807, 2.05) is 6.07 Å². The third-order valence-corrected chi connectivity index (χ3v) is 6.49. The van der Waals surface area contributed by atoms with Gasteiger partial charge < -0.3 is 24.5 Å². The van der Waals surface area contributed by atoms with Crippen molar-refractivity contribution in [2.45, 2.75) is 50.9 Å². The van der Waals surface area contributed by atoms with Crippen molar-refractivity contribution in [3.8, 4) is 0 Å². The number of nitrogens with zero attached hydrogens (tertiary/aromatic N) is 3. The predicted octanol–water partition coefficient (Wildman–Crippen LogP) is 2.28. The van der Waals surface area contributed by atoms with Gasteiger partial charge >= 0.3 is 0 Å². The largest absolute Gasteiger partial charge is 0.469 e. The Morgan fingerprint density at radius 2 is 1.97 bits per heavy atom. The van der Waals surface area contributed by atoms with Crippen LogP contribution in [0.4, 0.5) is 4.39 Å². The molecule has 1 aliphatic heterocycles. The average molecular weight is 480 g/mol. The van der Waals surface area contributed by atoms with Crippen molar-refractivity contribution < 1.29 is 23.2 Å². The first-order chi connectivity index (χ1) is 16.9. The first kappa shape index (κ1) is 22.8.